The van der Waals surface area contributed by atoms with Gasteiger partial charge in [-0.2, -0.15) is 8.42 Å². The lowest BCUT2D eigenvalue weighted by Crippen LogP contribution is -2.10. The van der Waals surface area contributed by atoms with Crippen molar-refractivity contribution in [3.8, 4) is 5.75 Å². The zero-order valence-electron chi connectivity index (χ0n) is 13.5. The van der Waals surface area contributed by atoms with Gasteiger partial charge in [0.15, 0.2) is 5.75 Å². The number of hydrogen-bond donors (Lipinski definition) is 1. The topological polar surface area (TPSA) is 55.4 Å². The third kappa shape index (κ3) is 4.69. The van der Waals surface area contributed by atoms with Gasteiger partial charge in [0.05, 0.1) is 5.02 Å². The molecule has 0 unspecified atom stereocenters. The summed E-state index contributed by atoms with van der Waals surface area (Å²) < 4.78 is 29.7. The van der Waals surface area contributed by atoms with E-state index >= 15 is 0 Å². The molecule has 0 radical (unpaired) electrons. The van der Waals surface area contributed by atoms with E-state index in [0.29, 0.717) is 11.6 Å². The van der Waals surface area contributed by atoms with Crippen molar-refractivity contribution in [1.82, 2.24) is 0 Å². The molecule has 0 heterocycles. The van der Waals surface area contributed by atoms with Crippen molar-refractivity contribution < 1.29 is 12.6 Å². The zero-order valence-corrected chi connectivity index (χ0v) is 15.9. The Morgan fingerprint density at radius 3 is 2.23 bits per heavy atom. The number of benzene rings is 3. The summed E-state index contributed by atoms with van der Waals surface area (Å²) >= 11 is 12.0. The highest BCUT2D eigenvalue weighted by Crippen LogP contribution is 2.29. The van der Waals surface area contributed by atoms with E-state index < -0.39 is 10.1 Å². The first-order valence-corrected chi connectivity index (χ1v) is 9.88. The highest BCUT2D eigenvalue weighted by atomic mass is 35.5. The molecular formula is C19H15Cl2NO3S. The summed E-state index contributed by atoms with van der Waals surface area (Å²) in [6, 6.07) is 20.2. The number of hydrogen-bond acceptors (Lipinski definition) is 4. The number of nitrogens with one attached hydrogen (secondary N) is 1. The van der Waals surface area contributed by atoms with Gasteiger partial charge in [0, 0.05) is 17.3 Å². The van der Waals surface area contributed by atoms with Crippen LogP contribution in [0.4, 0.5) is 5.69 Å². The average Bonchev–Trinajstić information content (AvgIpc) is 2.64. The van der Waals surface area contributed by atoms with Crippen molar-refractivity contribution in [3.05, 3.63) is 88.4 Å². The van der Waals surface area contributed by atoms with Crippen molar-refractivity contribution in [2.45, 2.75) is 11.4 Å². The Hall–Kier alpha value is -2.21. The number of anilines is 1. The van der Waals surface area contributed by atoms with E-state index in [1.807, 2.05) is 12.1 Å². The fourth-order valence-electron chi connectivity index (χ4n) is 2.25. The maximum atomic E-state index is 12.3. The van der Waals surface area contributed by atoms with Crippen LogP contribution in [-0.2, 0) is 16.7 Å². The molecule has 4 nitrogen and oxygen atoms in total. The standard InChI is InChI=1S/C19H15Cl2NO3S/c20-15-7-9-16(10-8-15)22-13-14-6-11-19(18(21)12-14)25-26(23,24)17-4-2-1-3-5-17/h1-12,22H,13H2. The zero-order chi connectivity index (χ0) is 18.6. The molecule has 0 spiro atoms. The molecule has 0 bridgehead atoms. The first kappa shape index (κ1) is 18.6. The van der Waals surface area contributed by atoms with Crippen LogP contribution in [0, 0.1) is 0 Å². The van der Waals surface area contributed by atoms with Crippen LogP contribution in [-0.4, -0.2) is 8.42 Å². The summed E-state index contributed by atoms with van der Waals surface area (Å²) in [5.74, 6) is 0.0887. The summed E-state index contributed by atoms with van der Waals surface area (Å²) in [5.41, 5.74) is 1.80. The maximum Gasteiger partial charge on any atom is 0.339 e. The molecule has 0 fully saturated rings. The second kappa shape index (κ2) is 7.99. The first-order valence-electron chi connectivity index (χ1n) is 7.71. The van der Waals surface area contributed by atoms with Crippen LogP contribution in [0.15, 0.2) is 77.7 Å². The number of rotatable bonds is 6. The molecule has 0 atom stereocenters. The lowest BCUT2D eigenvalue weighted by molar-refractivity contribution is 0.486. The maximum absolute atomic E-state index is 12.3. The van der Waals surface area contributed by atoms with E-state index in [9.17, 15) is 8.42 Å². The summed E-state index contributed by atoms with van der Waals surface area (Å²) in [6.45, 7) is 0.521. The van der Waals surface area contributed by atoms with Crippen molar-refractivity contribution in [2.75, 3.05) is 5.32 Å². The quantitative estimate of drug-likeness (QED) is 0.557. The van der Waals surface area contributed by atoms with Crippen LogP contribution in [0.2, 0.25) is 10.0 Å². The highest BCUT2D eigenvalue weighted by Gasteiger charge is 2.17. The first-order chi connectivity index (χ1) is 12.4. The summed E-state index contributed by atoms with van der Waals surface area (Å²) in [4.78, 5) is 0.0737. The van der Waals surface area contributed by atoms with Gasteiger partial charge in [0.25, 0.3) is 0 Å². The highest BCUT2D eigenvalue weighted by molar-refractivity contribution is 7.87. The van der Waals surface area contributed by atoms with Gasteiger partial charge in [-0.1, -0.05) is 47.5 Å². The minimum absolute atomic E-state index is 0.0737. The fourth-order valence-corrected chi connectivity index (χ4v) is 3.63. The Morgan fingerprint density at radius 2 is 1.58 bits per heavy atom. The van der Waals surface area contributed by atoms with Crippen molar-refractivity contribution in [1.29, 1.82) is 0 Å². The Balaban J connectivity index is 1.70. The molecular weight excluding hydrogens is 393 g/mol. The van der Waals surface area contributed by atoms with Gasteiger partial charge in [-0.3, -0.25) is 0 Å². The minimum Gasteiger partial charge on any atom is -0.381 e. The van der Waals surface area contributed by atoms with Gasteiger partial charge in [0.1, 0.15) is 4.90 Å². The van der Waals surface area contributed by atoms with Gasteiger partial charge in [-0.15, -0.1) is 0 Å². The molecule has 0 aromatic heterocycles. The molecule has 0 amide bonds. The molecule has 0 aliphatic carbocycles. The molecule has 0 saturated carbocycles. The second-order valence-corrected chi connectivity index (χ2v) is 7.87. The molecule has 3 aromatic rings. The molecule has 0 aliphatic heterocycles. The molecule has 7 heteroatoms. The second-order valence-electron chi connectivity index (χ2n) is 5.48. The van der Waals surface area contributed by atoms with E-state index in [4.69, 9.17) is 27.4 Å². The molecule has 3 rings (SSSR count). The van der Waals surface area contributed by atoms with Crippen molar-refractivity contribution in [2.24, 2.45) is 0 Å². The van der Waals surface area contributed by atoms with Gasteiger partial charge in [0.2, 0.25) is 0 Å². The molecule has 134 valence electrons. The van der Waals surface area contributed by atoms with Gasteiger partial charge >= 0.3 is 10.1 Å². The van der Waals surface area contributed by atoms with Gasteiger partial charge < -0.3 is 9.50 Å². The van der Waals surface area contributed by atoms with Crippen LogP contribution in [0.1, 0.15) is 5.56 Å². The largest absolute Gasteiger partial charge is 0.381 e. The third-order valence-electron chi connectivity index (χ3n) is 3.57. The molecule has 3 aromatic carbocycles. The van der Waals surface area contributed by atoms with Crippen LogP contribution >= 0.6 is 23.2 Å². The summed E-state index contributed by atoms with van der Waals surface area (Å²) in [5, 5.41) is 4.12. The van der Waals surface area contributed by atoms with Crippen molar-refractivity contribution in [3.63, 3.8) is 0 Å². The Kier molecular flexibility index (Phi) is 5.71. The summed E-state index contributed by atoms with van der Waals surface area (Å²) in [6.07, 6.45) is 0. The molecule has 26 heavy (non-hydrogen) atoms. The lowest BCUT2D eigenvalue weighted by Gasteiger charge is -2.11. The van der Waals surface area contributed by atoms with Crippen LogP contribution in [0.3, 0.4) is 0 Å². The van der Waals surface area contributed by atoms with Gasteiger partial charge in [-0.25, -0.2) is 0 Å². The molecule has 1 N–H and O–H groups in total. The van der Waals surface area contributed by atoms with E-state index in [1.165, 1.54) is 12.1 Å². The van der Waals surface area contributed by atoms with Crippen molar-refractivity contribution >= 4 is 39.0 Å². The number of halogens is 2. The predicted octanol–water partition coefficient (Wildman–Crippen LogP) is 5.37. The monoisotopic (exact) mass is 407 g/mol. The fraction of sp³-hybridized carbons (Fsp3) is 0.0526. The van der Waals surface area contributed by atoms with Crippen LogP contribution < -0.4 is 9.50 Å². The average molecular weight is 408 g/mol. The summed E-state index contributed by atoms with van der Waals surface area (Å²) in [7, 11) is -3.92. The minimum atomic E-state index is -3.92. The molecule has 0 aliphatic rings. The predicted molar refractivity (Wildman–Crippen MR) is 104 cm³/mol. The van der Waals surface area contributed by atoms with Gasteiger partial charge in [-0.05, 0) is 54.1 Å². The third-order valence-corrected chi connectivity index (χ3v) is 5.36. The van der Waals surface area contributed by atoms with E-state index in [2.05, 4.69) is 5.32 Å². The van der Waals surface area contributed by atoms with E-state index in [0.717, 1.165) is 11.3 Å². The van der Waals surface area contributed by atoms with E-state index in [1.54, 1.807) is 48.5 Å². The lowest BCUT2D eigenvalue weighted by atomic mass is 10.2. The Morgan fingerprint density at radius 1 is 0.885 bits per heavy atom. The Labute approximate surface area is 162 Å². The smallest absolute Gasteiger partial charge is 0.339 e. The van der Waals surface area contributed by atoms with E-state index in [-0.39, 0.29) is 15.7 Å². The molecule has 0 saturated heterocycles. The normalized spacial score (nSPS) is 11.2. The van der Waals surface area contributed by atoms with Crippen LogP contribution in [0.25, 0.3) is 0 Å². The van der Waals surface area contributed by atoms with Crippen LogP contribution in [0.5, 0.6) is 5.75 Å². The SMILES string of the molecule is O=S(=O)(Oc1ccc(CNc2ccc(Cl)cc2)cc1Cl)c1ccccc1. The Bertz CT molecular complexity index is 991.